The van der Waals surface area contributed by atoms with Gasteiger partial charge in [0.15, 0.2) is 23.0 Å². The molecule has 0 saturated carbocycles. The van der Waals surface area contributed by atoms with Gasteiger partial charge in [-0.2, -0.15) is 0 Å². The van der Waals surface area contributed by atoms with Gasteiger partial charge in [0.25, 0.3) is 0 Å². The van der Waals surface area contributed by atoms with Crippen LogP contribution in [0.1, 0.15) is 67.6 Å². The van der Waals surface area contributed by atoms with Crippen molar-refractivity contribution < 1.29 is 18.9 Å². The molecule has 0 N–H and O–H groups in total. The number of fused-ring (bicyclic) bond motifs is 2. The van der Waals surface area contributed by atoms with Crippen molar-refractivity contribution in [3.63, 3.8) is 0 Å². The quantitative estimate of drug-likeness (QED) is 0.169. The van der Waals surface area contributed by atoms with E-state index in [4.69, 9.17) is 23.9 Å². The number of rotatable bonds is 11. The van der Waals surface area contributed by atoms with Crippen LogP contribution in [0, 0.1) is 0 Å². The molecule has 1 aromatic heterocycles. The van der Waals surface area contributed by atoms with Crippen LogP contribution >= 0.6 is 0 Å². The first-order chi connectivity index (χ1) is 21.2. The first-order valence-electron chi connectivity index (χ1n) is 15.5. The van der Waals surface area contributed by atoms with E-state index >= 15 is 0 Å². The Hall–Kier alpha value is -4.23. The molecule has 0 radical (unpaired) electrons. The summed E-state index contributed by atoms with van der Waals surface area (Å²) in [4.78, 5) is 7.95. The second-order valence-electron chi connectivity index (χ2n) is 11.6. The third-order valence-corrected chi connectivity index (χ3v) is 8.58. The maximum absolute atomic E-state index is 5.73. The summed E-state index contributed by atoms with van der Waals surface area (Å²) in [5.41, 5.74) is 5.92. The summed E-state index contributed by atoms with van der Waals surface area (Å²) in [5.74, 6) is 4.91. The average Bonchev–Trinajstić information content (AvgIpc) is 3.79. The number of hydrogen-bond donors (Lipinski definition) is 0. The minimum absolute atomic E-state index is 0.274. The fourth-order valence-corrected chi connectivity index (χ4v) is 6.37. The highest BCUT2D eigenvalue weighted by Gasteiger charge is 2.26. The van der Waals surface area contributed by atoms with E-state index in [9.17, 15) is 0 Å². The number of ether oxygens (including phenoxy) is 4. The van der Waals surface area contributed by atoms with Gasteiger partial charge in [0.1, 0.15) is 5.82 Å². The Morgan fingerprint density at radius 2 is 1.47 bits per heavy atom. The summed E-state index contributed by atoms with van der Waals surface area (Å²) in [6.45, 7) is 6.05. The molecule has 3 aromatic carbocycles. The molecule has 0 fully saturated rings. The molecule has 7 nitrogen and oxygen atoms in total. The van der Waals surface area contributed by atoms with Crippen LogP contribution in [0.15, 0.2) is 78.9 Å². The highest BCUT2D eigenvalue weighted by molar-refractivity contribution is 5.62. The third kappa shape index (κ3) is 6.00. The van der Waals surface area contributed by atoms with Gasteiger partial charge in [0.2, 0.25) is 13.6 Å². The van der Waals surface area contributed by atoms with Gasteiger partial charge in [0.05, 0.1) is 11.4 Å². The van der Waals surface area contributed by atoms with Crippen molar-refractivity contribution in [2.24, 2.45) is 0 Å². The van der Waals surface area contributed by atoms with Gasteiger partial charge in [-0.1, -0.05) is 68.0 Å². The first-order valence-corrected chi connectivity index (χ1v) is 15.5. The predicted molar refractivity (Wildman–Crippen MR) is 166 cm³/mol. The zero-order valence-corrected chi connectivity index (χ0v) is 24.8. The van der Waals surface area contributed by atoms with Crippen molar-refractivity contribution in [1.82, 2.24) is 14.5 Å². The molecule has 0 bridgehead atoms. The van der Waals surface area contributed by atoms with Crippen LogP contribution in [0.3, 0.4) is 0 Å². The van der Waals surface area contributed by atoms with E-state index in [0.717, 1.165) is 87.0 Å². The van der Waals surface area contributed by atoms with Crippen LogP contribution < -0.4 is 18.9 Å². The van der Waals surface area contributed by atoms with E-state index < -0.39 is 0 Å². The normalized spacial score (nSPS) is 16.7. The Labute approximate surface area is 253 Å². The van der Waals surface area contributed by atoms with Gasteiger partial charge >= 0.3 is 0 Å². The summed E-state index contributed by atoms with van der Waals surface area (Å²) in [6.07, 6.45) is 10.2. The van der Waals surface area contributed by atoms with E-state index in [-0.39, 0.29) is 13.6 Å². The summed E-state index contributed by atoms with van der Waals surface area (Å²) < 4.78 is 25.2. The monoisotopic (exact) mass is 577 g/mol. The van der Waals surface area contributed by atoms with Gasteiger partial charge in [-0.05, 0) is 61.1 Å². The molecule has 1 aliphatic carbocycles. The number of aromatic nitrogens is 2. The topological polar surface area (TPSA) is 58.0 Å². The smallest absolute Gasteiger partial charge is 0.231 e. The first kappa shape index (κ1) is 27.6. The molecule has 7 heteroatoms. The molecule has 0 saturated heterocycles. The van der Waals surface area contributed by atoms with Crippen molar-refractivity contribution in [2.75, 3.05) is 13.6 Å². The minimum Gasteiger partial charge on any atom is -0.454 e. The number of allylic oxidation sites excluding steroid dienone is 2. The zero-order valence-electron chi connectivity index (χ0n) is 24.8. The van der Waals surface area contributed by atoms with Gasteiger partial charge < -0.3 is 23.5 Å². The summed E-state index contributed by atoms with van der Waals surface area (Å²) in [7, 11) is 0. The fraction of sp³-hybridized carbons (Fsp3) is 0.361. The molecular formula is C36H39N3O4. The maximum Gasteiger partial charge on any atom is 0.231 e. The Morgan fingerprint density at radius 1 is 0.791 bits per heavy atom. The van der Waals surface area contributed by atoms with Gasteiger partial charge in [-0.25, -0.2) is 4.98 Å². The van der Waals surface area contributed by atoms with Gasteiger partial charge in [0, 0.05) is 37.7 Å². The van der Waals surface area contributed by atoms with Crippen LogP contribution in [0.2, 0.25) is 0 Å². The molecule has 1 atom stereocenters. The van der Waals surface area contributed by atoms with Crippen LogP contribution in [0.25, 0.3) is 11.3 Å². The number of benzene rings is 3. The Morgan fingerprint density at radius 3 is 2.09 bits per heavy atom. The highest BCUT2D eigenvalue weighted by atomic mass is 16.7. The molecule has 0 spiro atoms. The fourth-order valence-electron chi connectivity index (χ4n) is 6.37. The molecule has 43 heavy (non-hydrogen) atoms. The third-order valence-electron chi connectivity index (χ3n) is 8.58. The number of imidazole rings is 1. The summed E-state index contributed by atoms with van der Waals surface area (Å²) in [5, 5.41) is 0. The SMILES string of the molecule is CCCCn1c(C2CC=CCC2)nc(-c2ccccc2)c1CN(Cc1ccc2c(c1)OCO2)Cc1ccc2c(c1)OCO2. The lowest BCUT2D eigenvalue weighted by Crippen LogP contribution is -2.25. The maximum atomic E-state index is 5.73. The van der Waals surface area contributed by atoms with Crippen LogP contribution in [-0.4, -0.2) is 28.0 Å². The Kier molecular flexibility index (Phi) is 8.06. The minimum atomic E-state index is 0.274. The second kappa shape index (κ2) is 12.6. The number of nitrogens with zero attached hydrogens (tertiary/aromatic N) is 3. The van der Waals surface area contributed by atoms with E-state index in [1.54, 1.807) is 0 Å². The predicted octanol–water partition coefficient (Wildman–Crippen LogP) is 7.83. The van der Waals surface area contributed by atoms with Crippen molar-refractivity contribution in [2.45, 2.75) is 71.1 Å². The van der Waals surface area contributed by atoms with Crippen LogP contribution in [0.4, 0.5) is 0 Å². The van der Waals surface area contributed by atoms with Crippen molar-refractivity contribution in [3.05, 3.63) is 102 Å². The molecule has 0 amide bonds. The molecule has 2 aliphatic heterocycles. The zero-order chi connectivity index (χ0) is 29.0. The number of unbranched alkanes of at least 4 members (excludes halogenated alkanes) is 1. The Bertz CT molecular complexity index is 1540. The van der Waals surface area contributed by atoms with Crippen molar-refractivity contribution >= 4 is 0 Å². The Balaban J connectivity index is 1.29. The van der Waals surface area contributed by atoms with Gasteiger partial charge in [-0.15, -0.1) is 0 Å². The standard InChI is InChI=1S/C36H39N3O4/c1-2-3-18-39-30(35(28-10-6-4-7-11-28)37-36(39)29-12-8-5-9-13-29)23-38(21-26-14-16-31-33(19-26)42-24-40-31)22-27-15-17-32-34(20-27)43-25-41-32/h4-8,10-11,14-17,19-20,29H,2-3,9,12-13,18,21-25H2,1H3. The second-order valence-corrected chi connectivity index (χ2v) is 11.6. The summed E-state index contributed by atoms with van der Waals surface area (Å²) in [6, 6.07) is 23.3. The molecule has 4 aromatic rings. The molecule has 3 aliphatic rings. The average molecular weight is 578 g/mol. The lowest BCUT2D eigenvalue weighted by atomic mass is 9.93. The largest absolute Gasteiger partial charge is 0.454 e. The summed E-state index contributed by atoms with van der Waals surface area (Å²) >= 11 is 0. The van der Waals surface area contributed by atoms with Crippen molar-refractivity contribution in [3.8, 4) is 34.3 Å². The molecule has 1 unspecified atom stereocenters. The van der Waals surface area contributed by atoms with Gasteiger partial charge in [-0.3, -0.25) is 4.90 Å². The highest BCUT2D eigenvalue weighted by Crippen LogP contribution is 2.37. The molecule has 222 valence electrons. The molecular weight excluding hydrogens is 538 g/mol. The van der Waals surface area contributed by atoms with Crippen LogP contribution in [0.5, 0.6) is 23.0 Å². The van der Waals surface area contributed by atoms with E-state index in [1.807, 2.05) is 12.1 Å². The molecule has 3 heterocycles. The molecule has 7 rings (SSSR count). The van der Waals surface area contributed by atoms with E-state index in [1.165, 1.54) is 28.2 Å². The van der Waals surface area contributed by atoms with E-state index in [0.29, 0.717) is 5.92 Å². The van der Waals surface area contributed by atoms with E-state index in [2.05, 4.69) is 83.1 Å². The number of hydrogen-bond acceptors (Lipinski definition) is 6. The van der Waals surface area contributed by atoms with Crippen molar-refractivity contribution in [1.29, 1.82) is 0 Å². The van der Waals surface area contributed by atoms with Crippen LogP contribution in [-0.2, 0) is 26.2 Å². The lowest BCUT2D eigenvalue weighted by molar-refractivity contribution is 0.173. The lowest BCUT2D eigenvalue weighted by Gasteiger charge is -2.26.